The molecular formula is C14H17N3OS. The largest absolute Gasteiger partial charge is 0.370 e. The predicted octanol–water partition coefficient (Wildman–Crippen LogP) is 1.98. The van der Waals surface area contributed by atoms with E-state index in [2.05, 4.69) is 17.9 Å². The van der Waals surface area contributed by atoms with Crippen LogP contribution in [-0.2, 0) is 4.79 Å². The predicted molar refractivity (Wildman–Crippen MR) is 77.1 cm³/mol. The monoisotopic (exact) mass is 275 g/mol. The van der Waals surface area contributed by atoms with Crippen molar-refractivity contribution in [1.82, 2.24) is 0 Å². The number of nitrogens with zero attached hydrogens (tertiary/aromatic N) is 2. The fourth-order valence-electron chi connectivity index (χ4n) is 2.38. The lowest BCUT2D eigenvalue weighted by Gasteiger charge is -2.20. The Labute approximate surface area is 117 Å². The Morgan fingerprint density at radius 3 is 3.00 bits per heavy atom. The molecule has 1 heterocycles. The third kappa shape index (κ3) is 2.85. The summed E-state index contributed by atoms with van der Waals surface area (Å²) in [5.41, 5.74) is 6.98. The maximum Gasteiger partial charge on any atom is 0.222 e. The van der Waals surface area contributed by atoms with Gasteiger partial charge in [-0.2, -0.15) is 5.26 Å². The van der Waals surface area contributed by atoms with Gasteiger partial charge in [0, 0.05) is 18.0 Å². The van der Waals surface area contributed by atoms with Gasteiger partial charge < -0.3 is 10.6 Å². The number of nitriles is 1. The van der Waals surface area contributed by atoms with Gasteiger partial charge in [-0.1, -0.05) is 13.0 Å². The van der Waals surface area contributed by atoms with Gasteiger partial charge >= 0.3 is 0 Å². The number of primary amides is 1. The fourth-order valence-corrected chi connectivity index (χ4v) is 3.16. The summed E-state index contributed by atoms with van der Waals surface area (Å²) in [7, 11) is 0. The highest BCUT2D eigenvalue weighted by atomic mass is 32.2. The van der Waals surface area contributed by atoms with Crippen molar-refractivity contribution in [1.29, 1.82) is 5.26 Å². The zero-order chi connectivity index (χ0) is 13.8. The van der Waals surface area contributed by atoms with Gasteiger partial charge in [0.2, 0.25) is 5.91 Å². The standard InChI is InChI=1S/C14H17N3OS/c1-2-19-13-5-3-4-12(11(13)8-15)17-7-6-10(9-17)14(16)18/h3-5,10H,2,6-7,9H2,1H3,(H2,16,18). The molecule has 0 saturated carbocycles. The van der Waals surface area contributed by atoms with E-state index in [0.717, 1.165) is 29.3 Å². The lowest BCUT2D eigenvalue weighted by atomic mass is 10.1. The lowest BCUT2D eigenvalue weighted by molar-refractivity contribution is -0.121. The number of carbonyl (C=O) groups excluding carboxylic acids is 1. The fraction of sp³-hybridized carbons (Fsp3) is 0.429. The van der Waals surface area contributed by atoms with Crippen LogP contribution in [0.2, 0.25) is 0 Å². The van der Waals surface area contributed by atoms with Crippen molar-refractivity contribution in [2.75, 3.05) is 23.7 Å². The molecule has 100 valence electrons. The summed E-state index contributed by atoms with van der Waals surface area (Å²) in [6.07, 6.45) is 0.769. The maximum atomic E-state index is 11.2. The molecule has 0 bridgehead atoms. The van der Waals surface area contributed by atoms with Gasteiger partial charge in [-0.05, 0) is 24.3 Å². The molecule has 1 aromatic carbocycles. The van der Waals surface area contributed by atoms with Gasteiger partial charge in [-0.15, -0.1) is 11.8 Å². The Kier molecular flexibility index (Phi) is 4.33. The van der Waals surface area contributed by atoms with E-state index in [-0.39, 0.29) is 11.8 Å². The highest BCUT2D eigenvalue weighted by Gasteiger charge is 2.28. The molecule has 19 heavy (non-hydrogen) atoms. The Balaban J connectivity index is 2.28. The molecule has 5 heteroatoms. The van der Waals surface area contributed by atoms with Crippen molar-refractivity contribution in [2.45, 2.75) is 18.2 Å². The average molecular weight is 275 g/mol. The number of nitrogens with two attached hydrogens (primary N) is 1. The molecule has 1 aliphatic rings. The highest BCUT2D eigenvalue weighted by Crippen LogP contribution is 2.32. The first-order valence-electron chi connectivity index (χ1n) is 6.37. The van der Waals surface area contributed by atoms with Gasteiger partial charge in [0.05, 0.1) is 17.2 Å². The minimum absolute atomic E-state index is 0.103. The van der Waals surface area contributed by atoms with Gasteiger partial charge in [-0.3, -0.25) is 4.79 Å². The summed E-state index contributed by atoms with van der Waals surface area (Å²) < 4.78 is 0. The second-order valence-electron chi connectivity index (χ2n) is 4.53. The van der Waals surface area contributed by atoms with Crippen LogP contribution in [0.25, 0.3) is 0 Å². The first kappa shape index (κ1) is 13.8. The van der Waals surface area contributed by atoms with Crippen LogP contribution in [-0.4, -0.2) is 24.7 Å². The molecule has 0 aliphatic carbocycles. The zero-order valence-electron chi connectivity index (χ0n) is 10.9. The minimum atomic E-state index is -0.250. The molecule has 2 N–H and O–H groups in total. The third-order valence-corrected chi connectivity index (χ3v) is 4.29. The van der Waals surface area contributed by atoms with Gasteiger partial charge in [-0.25, -0.2) is 0 Å². The van der Waals surface area contributed by atoms with Crippen molar-refractivity contribution >= 4 is 23.4 Å². The SMILES string of the molecule is CCSc1cccc(N2CCC(C(N)=O)C2)c1C#N. The molecule has 0 spiro atoms. The van der Waals surface area contributed by atoms with Crippen LogP contribution in [0.1, 0.15) is 18.9 Å². The van der Waals surface area contributed by atoms with E-state index in [1.807, 2.05) is 18.2 Å². The first-order chi connectivity index (χ1) is 9.17. The van der Waals surface area contributed by atoms with E-state index in [1.165, 1.54) is 0 Å². The van der Waals surface area contributed by atoms with E-state index >= 15 is 0 Å². The van der Waals surface area contributed by atoms with Crippen molar-refractivity contribution in [2.24, 2.45) is 11.7 Å². The van der Waals surface area contributed by atoms with Crippen LogP contribution >= 0.6 is 11.8 Å². The molecule has 1 aromatic rings. The Morgan fingerprint density at radius 2 is 2.42 bits per heavy atom. The van der Waals surface area contributed by atoms with Crippen LogP contribution in [0, 0.1) is 17.2 Å². The summed E-state index contributed by atoms with van der Waals surface area (Å²) in [6.45, 7) is 3.46. The molecule has 1 unspecified atom stereocenters. The number of anilines is 1. The summed E-state index contributed by atoms with van der Waals surface area (Å²) in [5.74, 6) is 0.580. The molecular weight excluding hydrogens is 258 g/mol. The summed E-state index contributed by atoms with van der Waals surface area (Å²) in [6, 6.07) is 8.17. The summed E-state index contributed by atoms with van der Waals surface area (Å²) in [4.78, 5) is 14.3. The van der Waals surface area contributed by atoms with Crippen molar-refractivity contribution in [3.05, 3.63) is 23.8 Å². The second-order valence-corrected chi connectivity index (χ2v) is 5.83. The van der Waals surface area contributed by atoms with Gasteiger partial charge in [0.15, 0.2) is 0 Å². The third-order valence-electron chi connectivity index (χ3n) is 3.35. The van der Waals surface area contributed by atoms with Crippen LogP contribution in [0.3, 0.4) is 0 Å². The lowest BCUT2D eigenvalue weighted by Crippen LogP contribution is -2.27. The van der Waals surface area contributed by atoms with Crippen LogP contribution < -0.4 is 10.6 Å². The van der Waals surface area contributed by atoms with Gasteiger partial charge in [0.1, 0.15) is 6.07 Å². The molecule has 1 aliphatic heterocycles. The highest BCUT2D eigenvalue weighted by molar-refractivity contribution is 7.99. The molecule has 2 rings (SSSR count). The summed E-state index contributed by atoms with van der Waals surface area (Å²) in [5, 5.41) is 9.38. The summed E-state index contributed by atoms with van der Waals surface area (Å²) >= 11 is 1.67. The van der Waals surface area contributed by atoms with Gasteiger partial charge in [0.25, 0.3) is 0 Å². The van der Waals surface area contributed by atoms with Crippen molar-refractivity contribution < 1.29 is 4.79 Å². The number of rotatable bonds is 4. The Hall–Kier alpha value is -1.67. The molecule has 4 nitrogen and oxygen atoms in total. The van der Waals surface area contributed by atoms with Crippen LogP contribution in [0.15, 0.2) is 23.1 Å². The Morgan fingerprint density at radius 1 is 1.63 bits per heavy atom. The van der Waals surface area contributed by atoms with E-state index in [9.17, 15) is 10.1 Å². The quantitative estimate of drug-likeness (QED) is 0.853. The molecule has 1 saturated heterocycles. The number of hydrogen-bond acceptors (Lipinski definition) is 4. The zero-order valence-corrected chi connectivity index (χ0v) is 11.7. The van der Waals surface area contributed by atoms with E-state index in [1.54, 1.807) is 11.8 Å². The smallest absolute Gasteiger partial charge is 0.222 e. The molecule has 0 radical (unpaired) electrons. The maximum absolute atomic E-state index is 11.2. The normalized spacial score (nSPS) is 18.3. The van der Waals surface area contributed by atoms with E-state index in [4.69, 9.17) is 5.73 Å². The number of thioether (sulfide) groups is 1. The number of hydrogen-bond donors (Lipinski definition) is 1. The number of amides is 1. The second kappa shape index (κ2) is 5.98. The minimum Gasteiger partial charge on any atom is -0.370 e. The van der Waals surface area contributed by atoms with Crippen molar-refractivity contribution in [3.63, 3.8) is 0 Å². The van der Waals surface area contributed by atoms with Crippen LogP contribution in [0.4, 0.5) is 5.69 Å². The van der Waals surface area contributed by atoms with E-state index in [0.29, 0.717) is 12.1 Å². The molecule has 0 aromatic heterocycles. The molecule has 1 atom stereocenters. The van der Waals surface area contributed by atoms with E-state index < -0.39 is 0 Å². The Bertz CT molecular complexity index is 524. The number of benzene rings is 1. The van der Waals surface area contributed by atoms with Crippen LogP contribution in [0.5, 0.6) is 0 Å². The molecule has 1 amide bonds. The first-order valence-corrected chi connectivity index (χ1v) is 7.36. The average Bonchev–Trinajstić information content (AvgIpc) is 2.88. The van der Waals surface area contributed by atoms with Crippen molar-refractivity contribution in [3.8, 4) is 6.07 Å². The molecule has 1 fully saturated rings. The number of carbonyl (C=O) groups is 1. The topological polar surface area (TPSA) is 70.1 Å².